The number of nitrogens with zero attached hydrogens (tertiary/aromatic N) is 1. The molecule has 0 radical (unpaired) electrons. The number of hydrogen-bond donors (Lipinski definition) is 1. The number of rotatable bonds is 6. The van der Waals surface area contributed by atoms with Crippen LogP contribution in [0.5, 0.6) is 0 Å². The number of aryl methyl sites for hydroxylation is 2. The van der Waals surface area contributed by atoms with Crippen molar-refractivity contribution in [2.45, 2.75) is 25.2 Å². The Labute approximate surface area is 122 Å². The Morgan fingerprint density at radius 1 is 1.35 bits per heavy atom. The lowest BCUT2D eigenvalue weighted by Crippen LogP contribution is -2.26. The first-order valence-corrected chi connectivity index (χ1v) is 7.62. The molecule has 0 atom stereocenters. The van der Waals surface area contributed by atoms with E-state index in [4.69, 9.17) is 4.52 Å². The molecule has 1 heterocycles. The lowest BCUT2D eigenvalue weighted by atomic mass is 10.1. The summed E-state index contributed by atoms with van der Waals surface area (Å²) in [5.41, 5.74) is 1.30. The molecule has 0 bridgehead atoms. The van der Waals surface area contributed by atoms with Gasteiger partial charge in [0.2, 0.25) is 0 Å². The normalized spacial score (nSPS) is 10.5. The van der Waals surface area contributed by atoms with Gasteiger partial charge < -0.3 is 9.84 Å². The molecule has 5 heteroatoms. The molecule has 1 aromatic carbocycles. The minimum atomic E-state index is -0.103. The molecule has 20 heavy (non-hydrogen) atoms. The predicted molar refractivity (Wildman–Crippen MR) is 80.1 cm³/mol. The fourth-order valence-electron chi connectivity index (χ4n) is 1.89. The highest BCUT2D eigenvalue weighted by Crippen LogP contribution is 2.16. The van der Waals surface area contributed by atoms with Crippen molar-refractivity contribution in [1.82, 2.24) is 10.5 Å². The molecule has 0 aliphatic rings. The summed E-state index contributed by atoms with van der Waals surface area (Å²) in [6.07, 6.45) is 0.693. The van der Waals surface area contributed by atoms with Crippen LogP contribution in [-0.2, 0) is 6.42 Å². The topological polar surface area (TPSA) is 55.1 Å². The third-order valence-corrected chi connectivity index (χ3v) is 3.91. The second-order valence-electron chi connectivity index (χ2n) is 4.33. The smallest absolute Gasteiger partial charge is 0.256 e. The number of benzene rings is 1. The van der Waals surface area contributed by atoms with Gasteiger partial charge in [0, 0.05) is 17.2 Å². The van der Waals surface area contributed by atoms with Crippen molar-refractivity contribution in [3.05, 3.63) is 47.3 Å². The van der Waals surface area contributed by atoms with Gasteiger partial charge >= 0.3 is 0 Å². The van der Waals surface area contributed by atoms with Gasteiger partial charge in [-0.2, -0.15) is 0 Å². The van der Waals surface area contributed by atoms with Crippen LogP contribution in [0.4, 0.5) is 0 Å². The van der Waals surface area contributed by atoms with Gasteiger partial charge in [-0.25, -0.2) is 0 Å². The van der Waals surface area contributed by atoms with Crippen molar-refractivity contribution >= 4 is 17.7 Å². The van der Waals surface area contributed by atoms with Gasteiger partial charge in [0.15, 0.2) is 0 Å². The van der Waals surface area contributed by atoms with E-state index in [1.807, 2.05) is 25.1 Å². The minimum absolute atomic E-state index is 0.103. The molecule has 2 rings (SSSR count). The number of thioether (sulfide) groups is 1. The summed E-state index contributed by atoms with van der Waals surface area (Å²) in [5.74, 6) is 1.31. The Hall–Kier alpha value is -1.75. The lowest BCUT2D eigenvalue weighted by Gasteiger charge is -2.05. The van der Waals surface area contributed by atoms with Crippen LogP contribution in [0.25, 0.3) is 0 Å². The maximum absolute atomic E-state index is 12.1. The highest BCUT2D eigenvalue weighted by Gasteiger charge is 2.18. The van der Waals surface area contributed by atoms with Crippen molar-refractivity contribution in [1.29, 1.82) is 0 Å². The molecule has 0 fully saturated rings. The SMILES string of the molecule is CCc1noc(C)c1C(=O)NCCSc1ccccc1. The molecule has 0 saturated carbocycles. The molecular formula is C15H18N2O2S. The minimum Gasteiger partial charge on any atom is -0.361 e. The zero-order valence-electron chi connectivity index (χ0n) is 11.7. The van der Waals surface area contributed by atoms with Gasteiger partial charge in [0.25, 0.3) is 5.91 Å². The van der Waals surface area contributed by atoms with Crippen LogP contribution in [0.3, 0.4) is 0 Å². The van der Waals surface area contributed by atoms with Gasteiger partial charge in [0.05, 0.1) is 5.69 Å². The van der Waals surface area contributed by atoms with Crippen molar-refractivity contribution in [2.24, 2.45) is 0 Å². The molecule has 1 aromatic heterocycles. The van der Waals surface area contributed by atoms with Gasteiger partial charge in [-0.1, -0.05) is 30.3 Å². The molecule has 0 aliphatic heterocycles. The molecule has 4 nitrogen and oxygen atoms in total. The summed E-state index contributed by atoms with van der Waals surface area (Å²) in [7, 11) is 0. The van der Waals surface area contributed by atoms with Crippen LogP contribution in [0.15, 0.2) is 39.8 Å². The van der Waals surface area contributed by atoms with E-state index in [1.54, 1.807) is 18.7 Å². The first kappa shape index (κ1) is 14.7. The van der Waals surface area contributed by atoms with Crippen LogP contribution >= 0.6 is 11.8 Å². The Kier molecular flexibility index (Phi) is 5.24. The van der Waals surface area contributed by atoms with Crippen molar-refractivity contribution in [3.8, 4) is 0 Å². The third-order valence-electron chi connectivity index (χ3n) is 2.89. The standard InChI is InChI=1S/C15H18N2O2S/c1-3-13-14(11(2)19-17-13)15(18)16-9-10-20-12-7-5-4-6-8-12/h4-8H,3,9-10H2,1-2H3,(H,16,18). The maximum atomic E-state index is 12.1. The quantitative estimate of drug-likeness (QED) is 0.656. The Balaban J connectivity index is 1.82. The van der Waals surface area contributed by atoms with E-state index in [1.165, 1.54) is 4.90 Å². The highest BCUT2D eigenvalue weighted by atomic mass is 32.2. The Morgan fingerprint density at radius 3 is 2.80 bits per heavy atom. The van der Waals surface area contributed by atoms with Crippen LogP contribution in [0, 0.1) is 6.92 Å². The lowest BCUT2D eigenvalue weighted by molar-refractivity contribution is 0.0954. The summed E-state index contributed by atoms with van der Waals surface area (Å²) in [6.45, 7) is 4.34. The van der Waals surface area contributed by atoms with Crippen molar-refractivity contribution in [3.63, 3.8) is 0 Å². The number of amides is 1. The van der Waals surface area contributed by atoms with Crippen molar-refractivity contribution < 1.29 is 9.32 Å². The average Bonchev–Trinajstić information content (AvgIpc) is 2.85. The summed E-state index contributed by atoms with van der Waals surface area (Å²) in [6, 6.07) is 10.1. The average molecular weight is 290 g/mol. The fraction of sp³-hybridized carbons (Fsp3) is 0.333. The Bertz CT molecular complexity index is 567. The van der Waals surface area contributed by atoms with E-state index in [-0.39, 0.29) is 5.91 Å². The zero-order valence-corrected chi connectivity index (χ0v) is 12.5. The van der Waals surface area contributed by atoms with E-state index in [0.717, 1.165) is 11.4 Å². The summed E-state index contributed by atoms with van der Waals surface area (Å²) in [4.78, 5) is 13.3. The predicted octanol–water partition coefficient (Wildman–Crippen LogP) is 3.07. The van der Waals surface area contributed by atoms with Gasteiger partial charge in [-0.05, 0) is 25.5 Å². The number of hydrogen-bond acceptors (Lipinski definition) is 4. The third kappa shape index (κ3) is 3.63. The Morgan fingerprint density at radius 2 is 2.10 bits per heavy atom. The van der Waals surface area contributed by atoms with Crippen LogP contribution < -0.4 is 5.32 Å². The molecule has 106 valence electrons. The summed E-state index contributed by atoms with van der Waals surface area (Å²) in [5, 5.41) is 6.80. The monoisotopic (exact) mass is 290 g/mol. The molecular weight excluding hydrogens is 272 g/mol. The van der Waals surface area contributed by atoms with Gasteiger partial charge in [-0.3, -0.25) is 4.79 Å². The first-order valence-electron chi connectivity index (χ1n) is 6.63. The van der Waals surface area contributed by atoms with Gasteiger partial charge in [0.1, 0.15) is 11.3 Å². The first-order chi connectivity index (χ1) is 9.72. The molecule has 1 N–H and O–H groups in total. The second-order valence-corrected chi connectivity index (χ2v) is 5.50. The van der Waals surface area contributed by atoms with Gasteiger partial charge in [-0.15, -0.1) is 11.8 Å². The number of carbonyl (C=O) groups is 1. The largest absolute Gasteiger partial charge is 0.361 e. The van der Waals surface area contributed by atoms with E-state index >= 15 is 0 Å². The number of aromatic nitrogens is 1. The van der Waals surface area contributed by atoms with E-state index < -0.39 is 0 Å². The summed E-state index contributed by atoms with van der Waals surface area (Å²) < 4.78 is 5.07. The highest BCUT2D eigenvalue weighted by molar-refractivity contribution is 7.99. The molecule has 0 saturated heterocycles. The van der Waals surface area contributed by atoms with Crippen LogP contribution in [-0.4, -0.2) is 23.4 Å². The van der Waals surface area contributed by atoms with E-state index in [2.05, 4.69) is 22.6 Å². The van der Waals surface area contributed by atoms with E-state index in [0.29, 0.717) is 24.3 Å². The fourth-order valence-corrected chi connectivity index (χ4v) is 2.68. The molecule has 0 aliphatic carbocycles. The molecule has 1 amide bonds. The maximum Gasteiger partial charge on any atom is 0.256 e. The van der Waals surface area contributed by atoms with Crippen LogP contribution in [0.2, 0.25) is 0 Å². The molecule has 0 spiro atoms. The van der Waals surface area contributed by atoms with Crippen molar-refractivity contribution in [2.75, 3.05) is 12.3 Å². The van der Waals surface area contributed by atoms with E-state index in [9.17, 15) is 4.79 Å². The van der Waals surface area contributed by atoms with Crippen LogP contribution in [0.1, 0.15) is 28.7 Å². The zero-order chi connectivity index (χ0) is 14.4. The number of carbonyl (C=O) groups excluding carboxylic acids is 1. The number of nitrogens with one attached hydrogen (secondary N) is 1. The summed E-state index contributed by atoms with van der Waals surface area (Å²) >= 11 is 1.72. The molecule has 0 unspecified atom stereocenters. The molecule has 2 aromatic rings. The second kappa shape index (κ2) is 7.14.